The molecule has 1 aromatic rings. The van der Waals surface area contributed by atoms with Crippen LogP contribution in [0.5, 0.6) is 5.75 Å². The molecule has 0 spiro atoms. The molecule has 0 aliphatic heterocycles. The number of methoxy groups -OCH3 is 1. The Morgan fingerprint density at radius 2 is 2.00 bits per heavy atom. The summed E-state index contributed by atoms with van der Waals surface area (Å²) in [5, 5.41) is 0. The van der Waals surface area contributed by atoms with Gasteiger partial charge in [-0.05, 0) is 36.1 Å². The fraction of sp³-hybridized carbons (Fsp3) is 0.538. The van der Waals surface area contributed by atoms with E-state index in [9.17, 15) is 13.2 Å². The molecular formula is C13H16F3NO. The highest BCUT2D eigenvalue weighted by Crippen LogP contribution is 2.39. The minimum Gasteiger partial charge on any atom is -0.497 e. The quantitative estimate of drug-likeness (QED) is 0.898. The lowest BCUT2D eigenvalue weighted by atomic mass is 9.99. The van der Waals surface area contributed by atoms with Crippen LogP contribution in [0.4, 0.5) is 13.2 Å². The van der Waals surface area contributed by atoms with Crippen molar-refractivity contribution >= 4 is 0 Å². The molecule has 2 N–H and O–H groups in total. The summed E-state index contributed by atoms with van der Waals surface area (Å²) in [6, 6.07) is 3.35. The van der Waals surface area contributed by atoms with E-state index in [1.165, 1.54) is 7.11 Å². The summed E-state index contributed by atoms with van der Waals surface area (Å²) >= 11 is 0. The Bertz CT molecular complexity index is 427. The van der Waals surface area contributed by atoms with Gasteiger partial charge in [0, 0.05) is 6.04 Å². The van der Waals surface area contributed by atoms with Crippen LogP contribution in [0, 0.1) is 5.92 Å². The first-order valence-electron chi connectivity index (χ1n) is 5.92. The lowest BCUT2D eigenvalue weighted by Gasteiger charge is -2.16. The molecular weight excluding hydrogens is 243 g/mol. The summed E-state index contributed by atoms with van der Waals surface area (Å²) in [5.41, 5.74) is 5.74. The Kier molecular flexibility index (Phi) is 3.52. The molecule has 0 amide bonds. The monoisotopic (exact) mass is 259 g/mol. The number of rotatable bonds is 4. The van der Waals surface area contributed by atoms with Gasteiger partial charge in [0.1, 0.15) is 5.75 Å². The first kappa shape index (κ1) is 13.2. The topological polar surface area (TPSA) is 35.2 Å². The second-order valence-corrected chi connectivity index (χ2v) is 4.78. The van der Waals surface area contributed by atoms with Crippen molar-refractivity contribution in [3.8, 4) is 5.75 Å². The molecule has 0 bridgehead atoms. The highest BCUT2D eigenvalue weighted by Gasteiger charge is 2.32. The molecule has 0 aromatic heterocycles. The Balaban J connectivity index is 2.27. The molecule has 1 aliphatic carbocycles. The third-order valence-corrected chi connectivity index (χ3v) is 3.20. The standard InChI is InChI=1S/C13H16F3NO/c1-18-11-6-9(12(17)4-8-2-3-8)5-10(7-11)13(14,15)16/h5-8,12H,2-4,17H2,1H3/t12-/m1/s1. The van der Waals surface area contributed by atoms with Crippen molar-refractivity contribution in [3.05, 3.63) is 29.3 Å². The lowest BCUT2D eigenvalue weighted by Crippen LogP contribution is -2.13. The minimum absolute atomic E-state index is 0.200. The van der Waals surface area contributed by atoms with Crippen molar-refractivity contribution in [2.45, 2.75) is 31.5 Å². The van der Waals surface area contributed by atoms with Crippen LogP contribution in [0.1, 0.15) is 36.4 Å². The van der Waals surface area contributed by atoms with Gasteiger partial charge in [-0.1, -0.05) is 12.8 Å². The molecule has 0 saturated heterocycles. The molecule has 1 aromatic carbocycles. The van der Waals surface area contributed by atoms with Crippen LogP contribution in [0.2, 0.25) is 0 Å². The average Bonchev–Trinajstić information content (AvgIpc) is 3.11. The average molecular weight is 259 g/mol. The highest BCUT2D eigenvalue weighted by molar-refractivity contribution is 5.37. The van der Waals surface area contributed by atoms with Crippen LogP contribution in [0.25, 0.3) is 0 Å². The van der Waals surface area contributed by atoms with E-state index in [1.54, 1.807) is 6.07 Å². The number of hydrogen-bond donors (Lipinski definition) is 1. The van der Waals surface area contributed by atoms with E-state index in [0.717, 1.165) is 31.4 Å². The first-order chi connectivity index (χ1) is 8.40. The van der Waals surface area contributed by atoms with Gasteiger partial charge in [0.15, 0.2) is 0 Å². The van der Waals surface area contributed by atoms with Gasteiger partial charge in [-0.25, -0.2) is 0 Å². The Hall–Kier alpha value is -1.23. The first-order valence-corrected chi connectivity index (χ1v) is 5.92. The zero-order valence-corrected chi connectivity index (χ0v) is 10.1. The molecule has 0 heterocycles. The molecule has 2 rings (SSSR count). The van der Waals surface area contributed by atoms with Gasteiger partial charge < -0.3 is 10.5 Å². The molecule has 1 aliphatic rings. The Morgan fingerprint density at radius 1 is 1.33 bits per heavy atom. The maximum Gasteiger partial charge on any atom is 0.416 e. The molecule has 100 valence electrons. The summed E-state index contributed by atoms with van der Waals surface area (Å²) < 4.78 is 43.1. The minimum atomic E-state index is -4.37. The van der Waals surface area contributed by atoms with E-state index in [2.05, 4.69) is 0 Å². The number of benzene rings is 1. The maximum atomic E-state index is 12.7. The summed E-state index contributed by atoms with van der Waals surface area (Å²) in [4.78, 5) is 0. The van der Waals surface area contributed by atoms with E-state index in [4.69, 9.17) is 10.5 Å². The molecule has 5 heteroatoms. The fourth-order valence-corrected chi connectivity index (χ4v) is 1.97. The molecule has 0 radical (unpaired) electrons. The summed E-state index contributed by atoms with van der Waals surface area (Å²) in [6.45, 7) is 0. The number of nitrogens with two attached hydrogens (primary N) is 1. The summed E-state index contributed by atoms with van der Waals surface area (Å²) in [7, 11) is 1.35. The number of alkyl halides is 3. The van der Waals surface area contributed by atoms with Crippen molar-refractivity contribution in [2.24, 2.45) is 11.7 Å². The van der Waals surface area contributed by atoms with E-state index in [1.807, 2.05) is 0 Å². The summed E-state index contributed by atoms with van der Waals surface area (Å²) in [5.74, 6) is 0.770. The largest absolute Gasteiger partial charge is 0.497 e. The van der Waals surface area contributed by atoms with Crippen molar-refractivity contribution < 1.29 is 17.9 Å². The Labute approximate surface area is 104 Å². The van der Waals surface area contributed by atoms with Gasteiger partial charge in [0.25, 0.3) is 0 Å². The van der Waals surface area contributed by atoms with Gasteiger partial charge in [-0.3, -0.25) is 0 Å². The number of ether oxygens (including phenoxy) is 1. The van der Waals surface area contributed by atoms with Crippen LogP contribution in [0.15, 0.2) is 18.2 Å². The van der Waals surface area contributed by atoms with Gasteiger partial charge in [-0.2, -0.15) is 13.2 Å². The number of halogens is 3. The second kappa shape index (κ2) is 4.80. The second-order valence-electron chi connectivity index (χ2n) is 4.78. The Morgan fingerprint density at radius 3 is 2.50 bits per heavy atom. The van der Waals surface area contributed by atoms with Crippen molar-refractivity contribution in [1.82, 2.24) is 0 Å². The van der Waals surface area contributed by atoms with E-state index in [0.29, 0.717) is 11.5 Å². The van der Waals surface area contributed by atoms with Crippen LogP contribution in [0.3, 0.4) is 0 Å². The van der Waals surface area contributed by atoms with Crippen molar-refractivity contribution in [2.75, 3.05) is 7.11 Å². The third-order valence-electron chi connectivity index (χ3n) is 3.20. The predicted octanol–water partition coefficient (Wildman–Crippen LogP) is 3.51. The van der Waals surface area contributed by atoms with E-state index >= 15 is 0 Å². The van der Waals surface area contributed by atoms with Crippen molar-refractivity contribution in [3.63, 3.8) is 0 Å². The molecule has 18 heavy (non-hydrogen) atoms. The van der Waals surface area contributed by atoms with Crippen LogP contribution < -0.4 is 10.5 Å². The normalized spacial score (nSPS) is 17.6. The molecule has 1 saturated carbocycles. The molecule has 2 nitrogen and oxygen atoms in total. The molecule has 1 atom stereocenters. The number of hydrogen-bond acceptors (Lipinski definition) is 2. The van der Waals surface area contributed by atoms with Crippen LogP contribution in [-0.2, 0) is 6.18 Å². The molecule has 0 unspecified atom stereocenters. The van der Waals surface area contributed by atoms with Gasteiger partial charge >= 0.3 is 6.18 Å². The van der Waals surface area contributed by atoms with Crippen molar-refractivity contribution in [1.29, 1.82) is 0 Å². The lowest BCUT2D eigenvalue weighted by molar-refractivity contribution is -0.137. The zero-order valence-electron chi connectivity index (χ0n) is 10.1. The molecule has 1 fully saturated rings. The maximum absolute atomic E-state index is 12.7. The summed E-state index contributed by atoms with van der Waals surface area (Å²) in [6.07, 6.45) is -1.37. The smallest absolute Gasteiger partial charge is 0.416 e. The van der Waals surface area contributed by atoms with Gasteiger partial charge in [0.2, 0.25) is 0 Å². The SMILES string of the molecule is COc1cc([C@H](N)CC2CC2)cc(C(F)(F)F)c1. The van der Waals surface area contributed by atoms with E-state index in [-0.39, 0.29) is 11.8 Å². The van der Waals surface area contributed by atoms with Crippen LogP contribution >= 0.6 is 0 Å². The predicted molar refractivity (Wildman–Crippen MR) is 62.3 cm³/mol. The van der Waals surface area contributed by atoms with Gasteiger partial charge in [0.05, 0.1) is 12.7 Å². The van der Waals surface area contributed by atoms with Gasteiger partial charge in [-0.15, -0.1) is 0 Å². The van der Waals surface area contributed by atoms with E-state index < -0.39 is 11.7 Å². The third kappa shape index (κ3) is 3.16. The zero-order chi connectivity index (χ0) is 13.3. The van der Waals surface area contributed by atoms with Crippen LogP contribution in [-0.4, -0.2) is 7.11 Å². The highest BCUT2D eigenvalue weighted by atomic mass is 19.4. The fourth-order valence-electron chi connectivity index (χ4n) is 1.97.